The summed E-state index contributed by atoms with van der Waals surface area (Å²) < 4.78 is 16.4. The standard InChI is InChI=1S/C26H28N2O7/c1-33-26(24(30)31)11-12-28(15-26)23(29)22-21(10-13-34-22)27-25(32)35-14-20-18-8-4-2-6-16(18)17-7-3-5-9-19(17)20/h2-9,20-22H,10-15H2,1H3,(H,27,32)(H,30,31)/t21-,22+,26?/m0/s1. The number of methoxy groups -OCH3 is 1. The van der Waals surface area contributed by atoms with Crippen molar-refractivity contribution in [1.82, 2.24) is 10.2 Å². The van der Waals surface area contributed by atoms with Crippen molar-refractivity contribution in [2.75, 3.05) is 33.4 Å². The highest BCUT2D eigenvalue weighted by atomic mass is 16.6. The van der Waals surface area contributed by atoms with Crippen molar-refractivity contribution in [3.8, 4) is 11.1 Å². The Morgan fingerprint density at radius 1 is 1.11 bits per heavy atom. The summed E-state index contributed by atoms with van der Waals surface area (Å²) in [7, 11) is 1.33. The van der Waals surface area contributed by atoms with Gasteiger partial charge in [0.2, 0.25) is 0 Å². The van der Waals surface area contributed by atoms with Gasteiger partial charge in [-0.15, -0.1) is 0 Å². The molecular formula is C26H28N2O7. The van der Waals surface area contributed by atoms with E-state index in [-0.39, 0.29) is 37.9 Å². The third-order valence-corrected chi connectivity index (χ3v) is 7.31. The van der Waals surface area contributed by atoms with Crippen LogP contribution in [0.15, 0.2) is 48.5 Å². The van der Waals surface area contributed by atoms with Gasteiger partial charge in [0, 0.05) is 32.6 Å². The summed E-state index contributed by atoms with van der Waals surface area (Å²) in [6.45, 7) is 0.672. The predicted octanol–water partition coefficient (Wildman–Crippen LogP) is 2.38. The minimum Gasteiger partial charge on any atom is -0.479 e. The highest BCUT2D eigenvalue weighted by molar-refractivity contribution is 5.86. The predicted molar refractivity (Wildman–Crippen MR) is 125 cm³/mol. The first-order chi connectivity index (χ1) is 16.9. The molecule has 2 aromatic carbocycles. The number of carboxylic acids is 1. The Hall–Kier alpha value is -3.43. The van der Waals surface area contributed by atoms with Crippen LogP contribution in [0.1, 0.15) is 29.9 Å². The van der Waals surface area contributed by atoms with Gasteiger partial charge in [-0.3, -0.25) is 4.79 Å². The van der Waals surface area contributed by atoms with Gasteiger partial charge in [-0.05, 0) is 28.7 Å². The first kappa shape index (κ1) is 23.3. The maximum absolute atomic E-state index is 13.1. The third kappa shape index (κ3) is 4.15. The SMILES string of the molecule is COC1(C(=O)O)CCN(C(=O)[C@@H]2OCC[C@@H]2NC(=O)OCC2c3ccccc3-c3ccccc32)C1. The zero-order valence-corrected chi connectivity index (χ0v) is 19.4. The third-order valence-electron chi connectivity index (χ3n) is 7.31. The lowest BCUT2D eigenvalue weighted by atomic mass is 9.98. The molecule has 9 heteroatoms. The lowest BCUT2D eigenvalue weighted by Gasteiger charge is -2.26. The van der Waals surface area contributed by atoms with Crippen LogP contribution < -0.4 is 5.32 Å². The van der Waals surface area contributed by atoms with Crippen LogP contribution in [0.2, 0.25) is 0 Å². The molecule has 1 aliphatic carbocycles. The molecule has 0 saturated carbocycles. The van der Waals surface area contributed by atoms with Crippen molar-refractivity contribution < 1.29 is 33.7 Å². The maximum atomic E-state index is 13.1. The minimum absolute atomic E-state index is 0.0603. The van der Waals surface area contributed by atoms with Crippen molar-refractivity contribution >= 4 is 18.0 Å². The average Bonchev–Trinajstić information content (AvgIpc) is 3.59. The van der Waals surface area contributed by atoms with Crippen LogP contribution in [-0.4, -0.2) is 79.1 Å². The quantitative estimate of drug-likeness (QED) is 0.653. The number of carbonyl (C=O) groups excluding carboxylic acids is 2. The Morgan fingerprint density at radius 2 is 1.77 bits per heavy atom. The first-order valence-corrected chi connectivity index (χ1v) is 11.7. The number of likely N-dealkylation sites (tertiary alicyclic amines) is 1. The summed E-state index contributed by atoms with van der Waals surface area (Å²) in [5, 5.41) is 12.3. The zero-order chi connectivity index (χ0) is 24.6. The molecule has 2 amide bonds. The maximum Gasteiger partial charge on any atom is 0.407 e. The topological polar surface area (TPSA) is 114 Å². The van der Waals surface area contributed by atoms with Gasteiger partial charge in [0.1, 0.15) is 6.61 Å². The number of alkyl carbamates (subject to hydrolysis) is 1. The van der Waals surface area contributed by atoms with Crippen LogP contribution in [0.25, 0.3) is 11.1 Å². The van der Waals surface area contributed by atoms with E-state index >= 15 is 0 Å². The van der Waals surface area contributed by atoms with Crippen LogP contribution in [-0.2, 0) is 23.8 Å². The molecule has 2 aliphatic heterocycles. The van der Waals surface area contributed by atoms with Crippen LogP contribution in [0.3, 0.4) is 0 Å². The second kappa shape index (κ2) is 9.31. The highest BCUT2D eigenvalue weighted by Gasteiger charge is 2.49. The van der Waals surface area contributed by atoms with Gasteiger partial charge in [0.25, 0.3) is 5.91 Å². The fraction of sp³-hybridized carbons (Fsp3) is 0.423. The molecule has 0 radical (unpaired) electrons. The molecule has 2 saturated heterocycles. The van der Waals surface area contributed by atoms with Crippen molar-refractivity contribution in [3.05, 3.63) is 59.7 Å². The molecule has 2 aromatic rings. The van der Waals surface area contributed by atoms with E-state index in [0.29, 0.717) is 13.0 Å². The first-order valence-electron chi connectivity index (χ1n) is 11.7. The van der Waals surface area contributed by atoms with Crippen LogP contribution in [0, 0.1) is 0 Å². The molecule has 0 bridgehead atoms. The Bertz CT molecular complexity index is 1110. The number of ether oxygens (including phenoxy) is 3. The molecule has 5 rings (SSSR count). The number of aliphatic carboxylic acids is 1. The van der Waals surface area contributed by atoms with E-state index in [4.69, 9.17) is 14.2 Å². The summed E-state index contributed by atoms with van der Waals surface area (Å²) in [6.07, 6.45) is -0.847. The van der Waals surface area contributed by atoms with E-state index in [1.165, 1.54) is 12.0 Å². The summed E-state index contributed by atoms with van der Waals surface area (Å²) in [4.78, 5) is 38.8. The Balaban J connectivity index is 1.21. The minimum atomic E-state index is -1.41. The molecular weight excluding hydrogens is 452 g/mol. The molecule has 2 heterocycles. The number of rotatable bonds is 6. The molecule has 0 spiro atoms. The van der Waals surface area contributed by atoms with Crippen LogP contribution in [0.5, 0.6) is 0 Å². The number of amides is 2. The second-order valence-electron chi connectivity index (χ2n) is 9.17. The fourth-order valence-corrected chi connectivity index (χ4v) is 5.35. The van der Waals surface area contributed by atoms with Crippen molar-refractivity contribution in [2.45, 2.75) is 36.5 Å². The van der Waals surface area contributed by atoms with Gasteiger partial charge in [-0.2, -0.15) is 0 Å². The number of fused-ring (bicyclic) bond motifs is 3. The number of nitrogens with one attached hydrogen (secondary N) is 1. The van der Waals surface area contributed by atoms with Gasteiger partial charge >= 0.3 is 12.1 Å². The van der Waals surface area contributed by atoms with E-state index in [9.17, 15) is 19.5 Å². The molecule has 3 atom stereocenters. The van der Waals surface area contributed by atoms with Crippen LogP contribution >= 0.6 is 0 Å². The molecule has 3 aliphatic rings. The highest BCUT2D eigenvalue weighted by Crippen LogP contribution is 2.44. The summed E-state index contributed by atoms with van der Waals surface area (Å²) >= 11 is 0. The second-order valence-corrected chi connectivity index (χ2v) is 9.17. The molecule has 2 fully saturated rings. The Morgan fingerprint density at radius 3 is 2.37 bits per heavy atom. The number of carboxylic acid groups (broad SMARTS) is 1. The molecule has 35 heavy (non-hydrogen) atoms. The van der Waals surface area contributed by atoms with E-state index in [2.05, 4.69) is 17.4 Å². The normalized spacial score (nSPS) is 25.2. The van der Waals surface area contributed by atoms with Crippen molar-refractivity contribution in [2.24, 2.45) is 0 Å². The zero-order valence-electron chi connectivity index (χ0n) is 19.4. The number of hydrogen-bond acceptors (Lipinski definition) is 6. The molecule has 9 nitrogen and oxygen atoms in total. The number of nitrogens with zero attached hydrogens (tertiary/aromatic N) is 1. The molecule has 1 unspecified atom stereocenters. The van der Waals surface area contributed by atoms with Gasteiger partial charge in [-0.25, -0.2) is 9.59 Å². The number of hydrogen-bond donors (Lipinski definition) is 2. The van der Waals surface area contributed by atoms with Gasteiger partial charge < -0.3 is 29.5 Å². The molecule has 2 N–H and O–H groups in total. The fourth-order valence-electron chi connectivity index (χ4n) is 5.35. The van der Waals surface area contributed by atoms with Crippen LogP contribution in [0.4, 0.5) is 4.79 Å². The van der Waals surface area contributed by atoms with E-state index in [1.807, 2.05) is 36.4 Å². The summed E-state index contributed by atoms with van der Waals surface area (Å²) in [5.41, 5.74) is 3.11. The average molecular weight is 481 g/mol. The van der Waals surface area contributed by atoms with Gasteiger partial charge in [-0.1, -0.05) is 48.5 Å². The summed E-state index contributed by atoms with van der Waals surface area (Å²) in [5.74, 6) is -1.52. The van der Waals surface area contributed by atoms with E-state index in [1.54, 1.807) is 0 Å². The smallest absolute Gasteiger partial charge is 0.407 e. The number of carbonyl (C=O) groups is 3. The van der Waals surface area contributed by atoms with E-state index < -0.39 is 29.8 Å². The monoisotopic (exact) mass is 480 g/mol. The summed E-state index contributed by atoms with van der Waals surface area (Å²) in [6, 6.07) is 15.6. The molecule has 184 valence electrons. The lowest BCUT2D eigenvalue weighted by Crippen LogP contribution is -2.51. The Kier molecular flexibility index (Phi) is 6.21. The van der Waals surface area contributed by atoms with Crippen molar-refractivity contribution in [3.63, 3.8) is 0 Å². The van der Waals surface area contributed by atoms with Gasteiger partial charge in [0.15, 0.2) is 11.7 Å². The lowest BCUT2D eigenvalue weighted by molar-refractivity contribution is -0.161. The molecule has 0 aromatic heterocycles. The van der Waals surface area contributed by atoms with Gasteiger partial charge in [0.05, 0.1) is 12.6 Å². The number of benzene rings is 2. The largest absolute Gasteiger partial charge is 0.479 e. The van der Waals surface area contributed by atoms with Crippen molar-refractivity contribution in [1.29, 1.82) is 0 Å². The Labute approximate surface area is 203 Å². The van der Waals surface area contributed by atoms with E-state index in [0.717, 1.165) is 22.3 Å².